The number of aryl methyl sites for hydroxylation is 1. The number of aliphatic hydroxyl groups excluding tert-OH is 1. The highest BCUT2D eigenvalue weighted by Crippen LogP contribution is 2.32. The van der Waals surface area contributed by atoms with Crippen molar-refractivity contribution in [2.45, 2.75) is 32.5 Å². The first-order chi connectivity index (χ1) is 7.84. The van der Waals surface area contributed by atoms with Gasteiger partial charge in [-0.3, -0.25) is 0 Å². The van der Waals surface area contributed by atoms with E-state index in [1.54, 1.807) is 13.8 Å². The molecule has 0 fully saturated rings. The van der Waals surface area contributed by atoms with E-state index in [1.165, 1.54) is 6.07 Å². The van der Waals surface area contributed by atoms with Gasteiger partial charge in [-0.05, 0) is 37.1 Å². The standard InChI is InChI=1S/C12H15F3O2/c1-3-9-6-10(12(13,14)15)4-5-11(9)17-7-8(2)16/h4-6,8,16H,3,7H2,1-2H3. The van der Waals surface area contributed by atoms with Crippen molar-refractivity contribution in [3.05, 3.63) is 29.3 Å². The smallest absolute Gasteiger partial charge is 0.416 e. The lowest BCUT2D eigenvalue weighted by atomic mass is 10.1. The molecule has 0 heterocycles. The summed E-state index contributed by atoms with van der Waals surface area (Å²) in [4.78, 5) is 0. The minimum atomic E-state index is -4.34. The molecule has 1 aromatic rings. The van der Waals surface area contributed by atoms with Crippen molar-refractivity contribution in [1.29, 1.82) is 0 Å². The van der Waals surface area contributed by atoms with Gasteiger partial charge >= 0.3 is 6.18 Å². The second-order valence-electron chi connectivity index (χ2n) is 3.83. The first kappa shape index (κ1) is 13.8. The highest BCUT2D eigenvalue weighted by atomic mass is 19.4. The summed E-state index contributed by atoms with van der Waals surface area (Å²) in [6, 6.07) is 3.36. The van der Waals surface area contributed by atoms with Crippen LogP contribution >= 0.6 is 0 Å². The number of ether oxygens (including phenoxy) is 1. The molecule has 0 amide bonds. The summed E-state index contributed by atoms with van der Waals surface area (Å²) >= 11 is 0. The van der Waals surface area contributed by atoms with Crippen LogP contribution in [0.25, 0.3) is 0 Å². The molecule has 1 unspecified atom stereocenters. The summed E-state index contributed by atoms with van der Waals surface area (Å²) in [6.07, 6.45) is -4.55. The van der Waals surface area contributed by atoms with Crippen molar-refractivity contribution in [3.63, 3.8) is 0 Å². The maximum atomic E-state index is 12.5. The molecule has 0 aliphatic rings. The second kappa shape index (κ2) is 5.40. The van der Waals surface area contributed by atoms with Crippen LogP contribution in [0.2, 0.25) is 0 Å². The molecule has 0 radical (unpaired) electrons. The molecule has 2 nitrogen and oxygen atoms in total. The maximum absolute atomic E-state index is 12.5. The van der Waals surface area contributed by atoms with Crippen LogP contribution < -0.4 is 4.74 Å². The van der Waals surface area contributed by atoms with Gasteiger partial charge in [0.2, 0.25) is 0 Å². The zero-order valence-corrected chi connectivity index (χ0v) is 9.71. The van der Waals surface area contributed by atoms with Crippen LogP contribution in [0, 0.1) is 0 Å². The fraction of sp³-hybridized carbons (Fsp3) is 0.500. The largest absolute Gasteiger partial charge is 0.491 e. The molecular weight excluding hydrogens is 233 g/mol. The normalized spacial score (nSPS) is 13.5. The van der Waals surface area contributed by atoms with Gasteiger partial charge in [0.25, 0.3) is 0 Å². The summed E-state index contributed by atoms with van der Waals surface area (Å²) in [5.74, 6) is 0.390. The molecule has 17 heavy (non-hydrogen) atoms. The van der Waals surface area contributed by atoms with Gasteiger partial charge in [0.1, 0.15) is 12.4 Å². The lowest BCUT2D eigenvalue weighted by molar-refractivity contribution is -0.137. The number of hydrogen-bond acceptors (Lipinski definition) is 2. The fourth-order valence-corrected chi connectivity index (χ4v) is 1.38. The molecule has 1 atom stereocenters. The summed E-state index contributed by atoms with van der Waals surface area (Å²) in [5.41, 5.74) is -0.195. The average molecular weight is 248 g/mol. The number of hydrogen-bond donors (Lipinski definition) is 1. The van der Waals surface area contributed by atoms with Gasteiger partial charge in [-0.25, -0.2) is 0 Å². The Bertz CT molecular complexity index is 373. The minimum Gasteiger partial charge on any atom is -0.491 e. The van der Waals surface area contributed by atoms with E-state index in [9.17, 15) is 13.2 Å². The number of halogens is 3. The molecule has 0 aromatic heterocycles. The Balaban J connectivity index is 2.93. The van der Waals surface area contributed by atoms with E-state index in [1.807, 2.05) is 0 Å². The molecule has 0 aliphatic carbocycles. The van der Waals surface area contributed by atoms with Crippen LogP contribution in [-0.2, 0) is 12.6 Å². The third kappa shape index (κ3) is 3.93. The lowest BCUT2D eigenvalue weighted by Crippen LogP contribution is -2.14. The van der Waals surface area contributed by atoms with Crippen LogP contribution in [0.3, 0.4) is 0 Å². The first-order valence-electron chi connectivity index (χ1n) is 5.35. The molecule has 1 aromatic carbocycles. The van der Waals surface area contributed by atoms with E-state index < -0.39 is 17.8 Å². The lowest BCUT2D eigenvalue weighted by Gasteiger charge is -2.14. The van der Waals surface area contributed by atoms with Gasteiger partial charge in [0.05, 0.1) is 11.7 Å². The maximum Gasteiger partial charge on any atom is 0.416 e. The fourth-order valence-electron chi connectivity index (χ4n) is 1.38. The number of rotatable bonds is 4. The van der Waals surface area contributed by atoms with Crippen molar-refractivity contribution in [1.82, 2.24) is 0 Å². The van der Waals surface area contributed by atoms with Crippen molar-refractivity contribution < 1.29 is 23.0 Å². The number of benzene rings is 1. The summed E-state index contributed by atoms with van der Waals surface area (Å²) in [7, 11) is 0. The summed E-state index contributed by atoms with van der Waals surface area (Å²) < 4.78 is 42.6. The molecule has 0 spiro atoms. The van der Waals surface area contributed by atoms with Gasteiger partial charge in [0.15, 0.2) is 0 Å². The zero-order valence-electron chi connectivity index (χ0n) is 9.71. The van der Waals surface area contributed by atoms with Gasteiger partial charge in [-0.2, -0.15) is 13.2 Å². The van der Waals surface area contributed by atoms with Crippen molar-refractivity contribution >= 4 is 0 Å². The molecule has 0 bridgehead atoms. The van der Waals surface area contributed by atoms with Crippen LogP contribution in [0.15, 0.2) is 18.2 Å². The Labute approximate surface area is 98.0 Å². The average Bonchev–Trinajstić information content (AvgIpc) is 2.24. The molecule has 0 aliphatic heterocycles. The van der Waals surface area contributed by atoms with Crippen LogP contribution in [-0.4, -0.2) is 17.8 Å². The molecule has 1 rings (SSSR count). The number of alkyl halides is 3. The van der Waals surface area contributed by atoms with E-state index in [0.717, 1.165) is 12.1 Å². The van der Waals surface area contributed by atoms with Crippen molar-refractivity contribution in [3.8, 4) is 5.75 Å². The van der Waals surface area contributed by atoms with Gasteiger partial charge in [0, 0.05) is 0 Å². The summed E-state index contributed by atoms with van der Waals surface area (Å²) in [6.45, 7) is 3.37. The third-order valence-corrected chi connectivity index (χ3v) is 2.25. The predicted molar refractivity (Wildman–Crippen MR) is 58.0 cm³/mol. The van der Waals surface area contributed by atoms with Gasteiger partial charge < -0.3 is 9.84 Å². The second-order valence-corrected chi connectivity index (χ2v) is 3.83. The molecule has 0 saturated carbocycles. The molecule has 5 heteroatoms. The Morgan fingerprint density at radius 2 is 2.00 bits per heavy atom. The highest BCUT2D eigenvalue weighted by molar-refractivity contribution is 5.38. The first-order valence-corrected chi connectivity index (χ1v) is 5.35. The van der Waals surface area contributed by atoms with Crippen LogP contribution in [0.5, 0.6) is 5.75 Å². The van der Waals surface area contributed by atoms with Gasteiger partial charge in [-0.15, -0.1) is 0 Å². The van der Waals surface area contributed by atoms with Gasteiger partial charge in [-0.1, -0.05) is 6.92 Å². The van der Waals surface area contributed by atoms with Crippen molar-refractivity contribution in [2.75, 3.05) is 6.61 Å². The Hall–Kier alpha value is -1.23. The van der Waals surface area contributed by atoms with Crippen LogP contribution in [0.4, 0.5) is 13.2 Å². The topological polar surface area (TPSA) is 29.5 Å². The monoisotopic (exact) mass is 248 g/mol. The van der Waals surface area contributed by atoms with E-state index in [2.05, 4.69) is 0 Å². The highest BCUT2D eigenvalue weighted by Gasteiger charge is 2.30. The SMILES string of the molecule is CCc1cc(C(F)(F)F)ccc1OCC(C)O. The summed E-state index contributed by atoms with van der Waals surface area (Å²) in [5, 5.41) is 9.06. The van der Waals surface area contributed by atoms with Crippen molar-refractivity contribution in [2.24, 2.45) is 0 Å². The molecule has 96 valence electrons. The third-order valence-electron chi connectivity index (χ3n) is 2.25. The minimum absolute atomic E-state index is 0.0678. The zero-order chi connectivity index (χ0) is 13.1. The molecule has 0 saturated heterocycles. The Morgan fingerprint density at radius 3 is 2.47 bits per heavy atom. The molecular formula is C12H15F3O2. The Kier molecular flexibility index (Phi) is 4.40. The van der Waals surface area contributed by atoms with E-state index >= 15 is 0 Å². The van der Waals surface area contributed by atoms with E-state index in [4.69, 9.17) is 9.84 Å². The predicted octanol–water partition coefficient (Wildman–Crippen LogP) is 3.03. The van der Waals surface area contributed by atoms with E-state index in [0.29, 0.717) is 17.7 Å². The van der Waals surface area contributed by atoms with E-state index in [-0.39, 0.29) is 6.61 Å². The molecule has 1 N–H and O–H groups in total. The quantitative estimate of drug-likeness (QED) is 0.887. The van der Waals surface area contributed by atoms with Crippen LogP contribution in [0.1, 0.15) is 25.0 Å². The Morgan fingerprint density at radius 1 is 1.35 bits per heavy atom. The number of aliphatic hydroxyl groups is 1.